The molecule has 5 atom stereocenters. The minimum atomic E-state index is -4.95. The van der Waals surface area contributed by atoms with Crippen LogP contribution in [-0.4, -0.2) is 96.7 Å². The summed E-state index contributed by atoms with van der Waals surface area (Å²) >= 11 is 0. The minimum absolute atomic E-state index is 0.107. The Morgan fingerprint density at radius 3 is 0.686 bits per heavy atom. The van der Waals surface area contributed by atoms with Gasteiger partial charge in [-0.25, -0.2) is 9.13 Å². The summed E-state index contributed by atoms with van der Waals surface area (Å²) in [5.74, 6) is -2.13. The molecule has 0 aromatic heterocycles. The van der Waals surface area contributed by atoms with Gasteiger partial charge >= 0.3 is 39.5 Å². The molecule has 2 unspecified atom stereocenters. The van der Waals surface area contributed by atoms with Crippen molar-refractivity contribution in [2.75, 3.05) is 39.6 Å². The fourth-order valence-corrected chi connectivity index (χ4v) is 11.7. The lowest BCUT2D eigenvalue weighted by Gasteiger charge is -2.21. The Balaban J connectivity index is 5.20. The van der Waals surface area contributed by atoms with Crippen LogP contribution in [0.5, 0.6) is 0 Å². The maximum absolute atomic E-state index is 13.0. The number of esters is 4. The normalized spacial score (nSPS) is 14.1. The molecule has 0 aliphatic carbocycles. The molecule has 0 bridgehead atoms. The average Bonchev–Trinajstić information content (AvgIpc) is 3.65. The van der Waals surface area contributed by atoms with Gasteiger partial charge in [-0.2, -0.15) is 0 Å². The van der Waals surface area contributed by atoms with Crippen LogP contribution in [0.2, 0.25) is 0 Å². The highest BCUT2D eigenvalue weighted by molar-refractivity contribution is 7.47. The van der Waals surface area contributed by atoms with Gasteiger partial charge in [0.15, 0.2) is 12.2 Å². The van der Waals surface area contributed by atoms with Crippen molar-refractivity contribution >= 4 is 39.5 Å². The van der Waals surface area contributed by atoms with Gasteiger partial charge in [-0.1, -0.05) is 297 Å². The molecule has 86 heavy (non-hydrogen) atoms. The molecule has 0 aliphatic heterocycles. The van der Waals surface area contributed by atoms with Gasteiger partial charge < -0.3 is 33.8 Å². The van der Waals surface area contributed by atoms with Crippen molar-refractivity contribution in [1.29, 1.82) is 0 Å². The summed E-state index contributed by atoms with van der Waals surface area (Å²) in [6.45, 7) is 4.89. The smallest absolute Gasteiger partial charge is 0.462 e. The van der Waals surface area contributed by atoms with E-state index >= 15 is 0 Å². The Kier molecular flexibility index (Phi) is 60.5. The zero-order valence-corrected chi connectivity index (χ0v) is 57.1. The van der Waals surface area contributed by atoms with Crippen LogP contribution in [0.15, 0.2) is 0 Å². The van der Waals surface area contributed by atoms with E-state index in [0.717, 1.165) is 103 Å². The third kappa shape index (κ3) is 60.9. The summed E-state index contributed by atoms with van der Waals surface area (Å²) in [6.07, 6.45) is 48.5. The van der Waals surface area contributed by atoms with E-state index in [9.17, 15) is 43.2 Å². The van der Waals surface area contributed by atoms with E-state index in [1.807, 2.05) is 0 Å². The van der Waals surface area contributed by atoms with E-state index < -0.39 is 97.5 Å². The summed E-state index contributed by atoms with van der Waals surface area (Å²) in [6, 6.07) is 0. The Labute approximate surface area is 524 Å². The zero-order valence-electron chi connectivity index (χ0n) is 55.3. The van der Waals surface area contributed by atoms with Crippen molar-refractivity contribution in [2.45, 2.75) is 367 Å². The van der Waals surface area contributed by atoms with Crippen LogP contribution in [0.4, 0.5) is 0 Å². The van der Waals surface area contributed by atoms with Crippen LogP contribution in [0.1, 0.15) is 349 Å². The van der Waals surface area contributed by atoms with Crippen molar-refractivity contribution in [3.63, 3.8) is 0 Å². The molecule has 510 valence electrons. The van der Waals surface area contributed by atoms with Crippen molar-refractivity contribution in [3.05, 3.63) is 0 Å². The first-order valence-electron chi connectivity index (χ1n) is 35.3. The summed E-state index contributed by atoms with van der Waals surface area (Å²) in [7, 11) is -9.89. The second kappa shape index (κ2) is 61.9. The number of aliphatic hydroxyl groups is 1. The molecule has 0 heterocycles. The molecule has 3 N–H and O–H groups in total. The van der Waals surface area contributed by atoms with Crippen molar-refractivity contribution < 1.29 is 80.2 Å². The first-order chi connectivity index (χ1) is 41.7. The molecule has 19 heteroatoms. The van der Waals surface area contributed by atoms with Gasteiger partial charge in [0, 0.05) is 25.7 Å². The fraction of sp³-hybridized carbons (Fsp3) is 0.940. The van der Waals surface area contributed by atoms with Gasteiger partial charge in [0.05, 0.1) is 26.4 Å². The summed E-state index contributed by atoms with van der Waals surface area (Å²) < 4.78 is 68.1. The third-order valence-electron chi connectivity index (χ3n) is 15.6. The Morgan fingerprint density at radius 2 is 0.465 bits per heavy atom. The quantitative estimate of drug-likeness (QED) is 0.0222. The number of aliphatic hydroxyl groups excluding tert-OH is 1. The summed E-state index contributed by atoms with van der Waals surface area (Å²) in [5, 5.41) is 10.5. The maximum Gasteiger partial charge on any atom is 0.472 e. The number of phosphoric ester groups is 2. The minimum Gasteiger partial charge on any atom is -0.462 e. The molecule has 0 aliphatic rings. The number of carbonyl (C=O) groups excluding carboxylic acids is 4. The highest BCUT2D eigenvalue weighted by Gasteiger charge is 2.30. The molecular weight excluding hydrogens is 1140 g/mol. The van der Waals surface area contributed by atoms with Crippen molar-refractivity contribution in [2.24, 2.45) is 0 Å². The molecule has 0 fully saturated rings. The lowest BCUT2D eigenvalue weighted by molar-refractivity contribution is -0.161. The first-order valence-corrected chi connectivity index (χ1v) is 38.3. The Bertz CT molecular complexity index is 1650. The summed E-state index contributed by atoms with van der Waals surface area (Å²) in [4.78, 5) is 72.3. The molecule has 0 aromatic rings. The lowest BCUT2D eigenvalue weighted by Crippen LogP contribution is -2.30. The SMILES string of the molecule is CCCCCCCCCCCCCCCCCC(=O)O[C@H](COC(=O)CCCCCCCCCCCCCCC)COP(=O)(O)OC[C@@H](O)COP(=O)(O)OC[C@@H](COC(=O)CCCCCCCCC)OC(=O)CCCCCCCCCCCCC. The second-order valence-electron chi connectivity index (χ2n) is 24.2. The highest BCUT2D eigenvalue weighted by Crippen LogP contribution is 2.45. The molecule has 0 amide bonds. The molecule has 0 spiro atoms. The number of hydrogen-bond donors (Lipinski definition) is 3. The topological polar surface area (TPSA) is 237 Å². The van der Waals surface area contributed by atoms with E-state index in [4.69, 9.17) is 37.0 Å². The maximum atomic E-state index is 13.0. The number of unbranched alkanes of at least 4 members (excludes halogenated alkanes) is 42. The number of phosphoric acid groups is 2. The number of ether oxygens (including phenoxy) is 4. The number of rotatable bonds is 68. The first kappa shape index (κ1) is 84.1. The average molecular weight is 1270 g/mol. The zero-order chi connectivity index (χ0) is 63.3. The standard InChI is InChI=1S/C67H130O17P2/c1-5-9-13-17-21-24-27-29-30-32-35-38-42-46-50-54-67(72)84-63(58-78-65(70)52-48-44-40-36-34-31-28-25-22-18-14-10-6-2)60-82-86(75,76)80-56-61(68)55-79-85(73,74)81-59-62(57-77-64(69)51-47-43-39-20-16-12-8-4)83-66(71)53-49-45-41-37-33-26-23-19-15-11-7-3/h61-63,68H,5-60H2,1-4H3,(H,73,74)(H,75,76)/t61-,62+,63+/m0/s1. The van der Waals surface area contributed by atoms with Crippen LogP contribution in [-0.2, 0) is 65.4 Å². The van der Waals surface area contributed by atoms with E-state index in [1.165, 1.54) is 167 Å². The lowest BCUT2D eigenvalue weighted by atomic mass is 10.0. The van der Waals surface area contributed by atoms with Gasteiger partial charge in [0.2, 0.25) is 0 Å². The molecular formula is C67H130O17P2. The summed E-state index contributed by atoms with van der Waals surface area (Å²) in [5.41, 5.74) is 0. The van der Waals surface area contributed by atoms with Gasteiger partial charge in [0.1, 0.15) is 19.3 Å². The van der Waals surface area contributed by atoms with E-state index in [-0.39, 0.29) is 25.7 Å². The van der Waals surface area contributed by atoms with Gasteiger partial charge in [0.25, 0.3) is 0 Å². The van der Waals surface area contributed by atoms with Gasteiger partial charge in [-0.05, 0) is 25.7 Å². The van der Waals surface area contributed by atoms with Crippen molar-refractivity contribution in [3.8, 4) is 0 Å². The third-order valence-corrected chi connectivity index (χ3v) is 17.5. The molecule has 17 nitrogen and oxygen atoms in total. The van der Waals surface area contributed by atoms with E-state index in [1.54, 1.807) is 0 Å². The Hall–Kier alpha value is -1.94. The van der Waals surface area contributed by atoms with Crippen LogP contribution >= 0.6 is 15.6 Å². The molecule has 0 rings (SSSR count). The molecule has 0 aromatic carbocycles. The fourth-order valence-electron chi connectivity index (χ4n) is 10.2. The van der Waals surface area contributed by atoms with Crippen LogP contribution in [0.3, 0.4) is 0 Å². The van der Waals surface area contributed by atoms with Crippen molar-refractivity contribution in [1.82, 2.24) is 0 Å². The van der Waals surface area contributed by atoms with Gasteiger partial charge in [-0.3, -0.25) is 37.3 Å². The van der Waals surface area contributed by atoms with E-state index in [2.05, 4.69) is 27.7 Å². The van der Waals surface area contributed by atoms with Crippen LogP contribution < -0.4 is 0 Å². The number of carbonyl (C=O) groups is 4. The molecule has 0 radical (unpaired) electrons. The predicted octanol–water partition coefficient (Wildman–Crippen LogP) is 19.1. The monoisotopic (exact) mass is 1270 g/mol. The van der Waals surface area contributed by atoms with Crippen LogP contribution in [0.25, 0.3) is 0 Å². The predicted molar refractivity (Wildman–Crippen MR) is 345 cm³/mol. The largest absolute Gasteiger partial charge is 0.472 e. The second-order valence-corrected chi connectivity index (χ2v) is 27.1. The molecule has 0 saturated carbocycles. The van der Waals surface area contributed by atoms with E-state index in [0.29, 0.717) is 25.7 Å². The highest BCUT2D eigenvalue weighted by atomic mass is 31.2. The molecule has 0 saturated heterocycles. The number of hydrogen-bond acceptors (Lipinski definition) is 15. The Morgan fingerprint density at radius 1 is 0.279 bits per heavy atom. The van der Waals surface area contributed by atoms with Crippen LogP contribution in [0, 0.1) is 0 Å². The van der Waals surface area contributed by atoms with Gasteiger partial charge in [-0.15, -0.1) is 0 Å².